The number of ether oxygens (including phenoxy) is 2. The van der Waals surface area contributed by atoms with Gasteiger partial charge in [-0.3, -0.25) is 0 Å². The van der Waals surface area contributed by atoms with Gasteiger partial charge in [-0.2, -0.15) is 0 Å². The average molecular weight is 233 g/mol. The molecule has 17 heavy (non-hydrogen) atoms. The lowest BCUT2D eigenvalue weighted by Gasteiger charge is -2.36. The Morgan fingerprint density at radius 1 is 1.29 bits per heavy atom. The number of aliphatic imine (C=N–C) groups is 1. The van der Waals surface area contributed by atoms with E-state index < -0.39 is 0 Å². The van der Waals surface area contributed by atoms with E-state index in [9.17, 15) is 0 Å². The fourth-order valence-corrected chi connectivity index (χ4v) is 1.96. The van der Waals surface area contributed by atoms with E-state index in [0.29, 0.717) is 12.0 Å². The molecule has 1 aromatic carbocycles. The van der Waals surface area contributed by atoms with Gasteiger partial charge in [0.1, 0.15) is 11.9 Å². The summed E-state index contributed by atoms with van der Waals surface area (Å²) in [6.45, 7) is 4.35. The second-order valence-electron chi connectivity index (χ2n) is 4.38. The van der Waals surface area contributed by atoms with Crippen LogP contribution in [-0.4, -0.2) is 19.1 Å². The monoisotopic (exact) mass is 233 g/mol. The lowest BCUT2D eigenvalue weighted by atomic mass is 9.95. The van der Waals surface area contributed by atoms with Gasteiger partial charge in [-0.25, -0.2) is 4.99 Å². The molecule has 0 saturated carbocycles. The Bertz CT molecular complexity index is 397. The standard InChI is InChI=1S/C14H19NO2/c1-4-5-13-10(2)14(17-13)15-11-6-8-12(16-3)9-7-11/h6-10,13H,4-5H2,1-3H3/t10-,13-/m0/s1. The maximum absolute atomic E-state index is 5.67. The molecule has 0 radical (unpaired) electrons. The molecule has 0 aliphatic carbocycles. The molecule has 0 bridgehead atoms. The second kappa shape index (κ2) is 5.21. The minimum absolute atomic E-state index is 0.358. The zero-order valence-corrected chi connectivity index (χ0v) is 10.6. The first kappa shape index (κ1) is 12.0. The maximum Gasteiger partial charge on any atom is 0.195 e. The molecule has 3 heteroatoms. The molecule has 0 unspecified atom stereocenters. The van der Waals surface area contributed by atoms with Crippen molar-refractivity contribution in [2.75, 3.05) is 7.11 Å². The molecule has 92 valence electrons. The SMILES string of the molecule is CCC[C@@H]1OC(=Nc2ccc(OC)cc2)[C@H]1C. The number of benzene rings is 1. The highest BCUT2D eigenvalue weighted by molar-refractivity contribution is 5.86. The molecule has 2 rings (SSSR count). The fourth-order valence-electron chi connectivity index (χ4n) is 1.96. The summed E-state index contributed by atoms with van der Waals surface area (Å²) in [6.07, 6.45) is 2.63. The number of nitrogens with zero attached hydrogens (tertiary/aromatic N) is 1. The van der Waals surface area contributed by atoms with Crippen molar-refractivity contribution in [3.63, 3.8) is 0 Å². The molecule has 0 amide bonds. The molecule has 0 aromatic heterocycles. The normalized spacial score (nSPS) is 25.2. The fraction of sp³-hybridized carbons (Fsp3) is 0.500. The Hall–Kier alpha value is -1.51. The Morgan fingerprint density at radius 2 is 2.00 bits per heavy atom. The molecule has 1 aromatic rings. The van der Waals surface area contributed by atoms with Crippen molar-refractivity contribution in [2.45, 2.75) is 32.8 Å². The zero-order valence-electron chi connectivity index (χ0n) is 10.6. The maximum atomic E-state index is 5.67. The molecular formula is C14H19NO2. The Kier molecular flexibility index (Phi) is 3.67. The van der Waals surface area contributed by atoms with Crippen LogP contribution in [0.4, 0.5) is 5.69 Å². The number of methoxy groups -OCH3 is 1. The molecule has 0 N–H and O–H groups in total. The van der Waals surface area contributed by atoms with Crippen LogP contribution in [0.1, 0.15) is 26.7 Å². The Labute approximate surface area is 102 Å². The summed E-state index contributed by atoms with van der Waals surface area (Å²) >= 11 is 0. The summed E-state index contributed by atoms with van der Waals surface area (Å²) < 4.78 is 10.8. The Balaban J connectivity index is 2.00. The van der Waals surface area contributed by atoms with E-state index in [4.69, 9.17) is 9.47 Å². The van der Waals surface area contributed by atoms with Gasteiger partial charge in [0.05, 0.1) is 18.7 Å². The summed E-state index contributed by atoms with van der Waals surface area (Å²) in [5.41, 5.74) is 0.919. The smallest absolute Gasteiger partial charge is 0.195 e. The van der Waals surface area contributed by atoms with E-state index in [2.05, 4.69) is 18.8 Å². The number of hydrogen-bond donors (Lipinski definition) is 0. The summed E-state index contributed by atoms with van der Waals surface area (Å²) in [5.74, 6) is 2.14. The van der Waals surface area contributed by atoms with Crippen molar-refractivity contribution in [1.29, 1.82) is 0 Å². The molecule has 1 saturated heterocycles. The van der Waals surface area contributed by atoms with Crippen LogP contribution in [0.15, 0.2) is 29.3 Å². The topological polar surface area (TPSA) is 30.8 Å². The van der Waals surface area contributed by atoms with Crippen molar-refractivity contribution in [3.05, 3.63) is 24.3 Å². The highest BCUT2D eigenvalue weighted by Gasteiger charge is 2.35. The average Bonchev–Trinajstić information content (AvgIpc) is 2.38. The third kappa shape index (κ3) is 2.60. The third-order valence-electron chi connectivity index (χ3n) is 3.10. The summed E-state index contributed by atoms with van der Waals surface area (Å²) in [5, 5.41) is 0. The van der Waals surface area contributed by atoms with E-state index in [0.717, 1.165) is 30.2 Å². The zero-order chi connectivity index (χ0) is 12.3. The lowest BCUT2D eigenvalue weighted by Crippen LogP contribution is -2.43. The predicted molar refractivity (Wildman–Crippen MR) is 69.0 cm³/mol. The van der Waals surface area contributed by atoms with Gasteiger partial charge in [0.15, 0.2) is 5.90 Å². The van der Waals surface area contributed by atoms with Gasteiger partial charge in [-0.15, -0.1) is 0 Å². The van der Waals surface area contributed by atoms with Gasteiger partial charge in [0.25, 0.3) is 0 Å². The molecule has 1 fully saturated rings. The van der Waals surface area contributed by atoms with Crippen LogP contribution < -0.4 is 4.74 Å². The van der Waals surface area contributed by atoms with Crippen molar-refractivity contribution in [3.8, 4) is 5.75 Å². The van der Waals surface area contributed by atoms with Gasteiger partial charge >= 0.3 is 0 Å². The van der Waals surface area contributed by atoms with Gasteiger partial charge < -0.3 is 9.47 Å². The van der Waals surface area contributed by atoms with E-state index in [1.807, 2.05) is 24.3 Å². The molecule has 0 spiro atoms. The van der Waals surface area contributed by atoms with Crippen LogP contribution in [0.2, 0.25) is 0 Å². The highest BCUT2D eigenvalue weighted by atomic mass is 16.5. The van der Waals surface area contributed by atoms with E-state index in [1.54, 1.807) is 7.11 Å². The van der Waals surface area contributed by atoms with Crippen molar-refractivity contribution < 1.29 is 9.47 Å². The third-order valence-corrected chi connectivity index (χ3v) is 3.10. The molecule has 1 aliphatic heterocycles. The molecule has 1 heterocycles. The quantitative estimate of drug-likeness (QED) is 0.796. The summed E-state index contributed by atoms with van der Waals surface area (Å²) in [4.78, 5) is 4.49. The number of hydrogen-bond acceptors (Lipinski definition) is 3. The first-order valence-corrected chi connectivity index (χ1v) is 6.14. The molecular weight excluding hydrogens is 214 g/mol. The van der Waals surface area contributed by atoms with Crippen LogP contribution >= 0.6 is 0 Å². The highest BCUT2D eigenvalue weighted by Crippen LogP contribution is 2.29. The minimum atomic E-state index is 0.358. The van der Waals surface area contributed by atoms with Gasteiger partial charge in [0.2, 0.25) is 0 Å². The molecule has 1 aliphatic rings. The van der Waals surface area contributed by atoms with Crippen LogP contribution in [0, 0.1) is 5.92 Å². The van der Waals surface area contributed by atoms with Gasteiger partial charge in [-0.1, -0.05) is 20.3 Å². The summed E-state index contributed by atoms with van der Waals surface area (Å²) in [6, 6.07) is 7.70. The van der Waals surface area contributed by atoms with E-state index in [1.165, 1.54) is 0 Å². The minimum Gasteiger partial charge on any atom is -0.497 e. The van der Waals surface area contributed by atoms with Crippen molar-refractivity contribution in [1.82, 2.24) is 0 Å². The van der Waals surface area contributed by atoms with E-state index in [-0.39, 0.29) is 0 Å². The van der Waals surface area contributed by atoms with Crippen LogP contribution in [-0.2, 0) is 4.74 Å². The predicted octanol–water partition coefficient (Wildman–Crippen LogP) is 3.56. The largest absolute Gasteiger partial charge is 0.497 e. The van der Waals surface area contributed by atoms with Gasteiger partial charge in [-0.05, 0) is 30.7 Å². The second-order valence-corrected chi connectivity index (χ2v) is 4.38. The first-order chi connectivity index (χ1) is 8.24. The van der Waals surface area contributed by atoms with Crippen LogP contribution in [0.25, 0.3) is 0 Å². The van der Waals surface area contributed by atoms with Crippen LogP contribution in [0.3, 0.4) is 0 Å². The first-order valence-electron chi connectivity index (χ1n) is 6.14. The van der Waals surface area contributed by atoms with E-state index >= 15 is 0 Å². The molecule has 3 nitrogen and oxygen atoms in total. The molecule has 2 atom stereocenters. The van der Waals surface area contributed by atoms with Crippen molar-refractivity contribution >= 4 is 11.6 Å². The van der Waals surface area contributed by atoms with Gasteiger partial charge in [0, 0.05) is 0 Å². The summed E-state index contributed by atoms with van der Waals surface area (Å²) in [7, 11) is 1.66. The Morgan fingerprint density at radius 3 is 2.53 bits per heavy atom. The lowest BCUT2D eigenvalue weighted by molar-refractivity contribution is 0.0587. The van der Waals surface area contributed by atoms with Crippen molar-refractivity contribution in [2.24, 2.45) is 10.9 Å². The number of rotatable bonds is 4. The van der Waals surface area contributed by atoms with Crippen LogP contribution in [0.5, 0.6) is 5.75 Å².